The summed E-state index contributed by atoms with van der Waals surface area (Å²) in [6.07, 6.45) is 2.93. The Kier molecular flexibility index (Phi) is 9.10. The van der Waals surface area contributed by atoms with Gasteiger partial charge in [0.1, 0.15) is 6.04 Å². The molecule has 4 nitrogen and oxygen atoms in total. The van der Waals surface area contributed by atoms with Gasteiger partial charge in [-0.25, -0.2) is 0 Å². The first-order valence-electron chi connectivity index (χ1n) is 11.1. The van der Waals surface area contributed by atoms with Crippen molar-refractivity contribution in [3.8, 4) is 0 Å². The molecule has 30 heavy (non-hydrogen) atoms. The van der Waals surface area contributed by atoms with E-state index < -0.39 is 6.04 Å². The van der Waals surface area contributed by atoms with E-state index in [1.165, 1.54) is 5.56 Å². The summed E-state index contributed by atoms with van der Waals surface area (Å²) in [6.45, 7) is 10.4. The largest absolute Gasteiger partial charge is 0.352 e. The molecule has 162 valence electrons. The van der Waals surface area contributed by atoms with Gasteiger partial charge in [-0.3, -0.25) is 9.59 Å². The Labute approximate surface area is 181 Å². The summed E-state index contributed by atoms with van der Waals surface area (Å²) >= 11 is 0. The summed E-state index contributed by atoms with van der Waals surface area (Å²) in [5, 5.41) is 3.02. The number of amides is 2. The minimum Gasteiger partial charge on any atom is -0.352 e. The van der Waals surface area contributed by atoms with Gasteiger partial charge in [-0.1, -0.05) is 67.9 Å². The number of aryl methyl sites for hydroxylation is 3. The number of carbonyl (C=O) groups excluding carboxylic acids is 2. The van der Waals surface area contributed by atoms with Crippen LogP contribution in [0, 0.1) is 6.92 Å². The average Bonchev–Trinajstić information content (AvgIpc) is 2.75. The smallest absolute Gasteiger partial charge is 0.242 e. The van der Waals surface area contributed by atoms with Gasteiger partial charge >= 0.3 is 0 Å². The fourth-order valence-electron chi connectivity index (χ4n) is 3.39. The zero-order chi connectivity index (χ0) is 22.1. The van der Waals surface area contributed by atoms with Crippen LogP contribution in [0.2, 0.25) is 0 Å². The van der Waals surface area contributed by atoms with E-state index in [1.807, 2.05) is 45.9 Å². The molecule has 0 heterocycles. The van der Waals surface area contributed by atoms with Crippen LogP contribution in [0.1, 0.15) is 62.8 Å². The number of nitrogens with one attached hydrogen (secondary N) is 1. The summed E-state index contributed by atoms with van der Waals surface area (Å²) in [6, 6.07) is 16.1. The third-order valence-electron chi connectivity index (χ3n) is 5.66. The van der Waals surface area contributed by atoms with Crippen LogP contribution in [-0.4, -0.2) is 28.8 Å². The van der Waals surface area contributed by atoms with Gasteiger partial charge in [0.15, 0.2) is 0 Å². The predicted molar refractivity (Wildman–Crippen MR) is 123 cm³/mol. The SMILES string of the molecule is CCc1ccc(CCC(=O)N(Cc2cccc(C)c2)[C@@H](C)C(=O)N[C@H](C)CC)cc1. The highest BCUT2D eigenvalue weighted by atomic mass is 16.2. The van der Waals surface area contributed by atoms with E-state index in [9.17, 15) is 9.59 Å². The lowest BCUT2D eigenvalue weighted by Crippen LogP contribution is -2.49. The van der Waals surface area contributed by atoms with Crippen molar-refractivity contribution in [2.24, 2.45) is 0 Å². The molecule has 0 radical (unpaired) electrons. The fraction of sp³-hybridized carbons (Fsp3) is 0.462. The van der Waals surface area contributed by atoms with E-state index in [4.69, 9.17) is 0 Å². The van der Waals surface area contributed by atoms with E-state index in [-0.39, 0.29) is 17.9 Å². The molecule has 0 saturated heterocycles. The van der Waals surface area contributed by atoms with Crippen molar-refractivity contribution in [1.82, 2.24) is 10.2 Å². The zero-order valence-electron chi connectivity index (χ0n) is 19.1. The average molecular weight is 409 g/mol. The van der Waals surface area contributed by atoms with Crippen molar-refractivity contribution >= 4 is 11.8 Å². The number of carbonyl (C=O) groups is 2. The second-order valence-corrected chi connectivity index (χ2v) is 8.17. The van der Waals surface area contributed by atoms with Crippen molar-refractivity contribution < 1.29 is 9.59 Å². The van der Waals surface area contributed by atoms with Gasteiger partial charge in [-0.15, -0.1) is 0 Å². The van der Waals surface area contributed by atoms with Crippen LogP contribution in [0.25, 0.3) is 0 Å². The lowest BCUT2D eigenvalue weighted by atomic mass is 10.0. The molecule has 0 aliphatic heterocycles. The van der Waals surface area contributed by atoms with Crippen molar-refractivity contribution in [2.75, 3.05) is 0 Å². The molecule has 2 aromatic carbocycles. The molecule has 0 aliphatic carbocycles. The molecule has 2 rings (SSSR count). The van der Waals surface area contributed by atoms with Crippen LogP contribution in [0.3, 0.4) is 0 Å². The molecule has 1 N–H and O–H groups in total. The molecule has 2 atom stereocenters. The van der Waals surface area contributed by atoms with Crippen LogP contribution >= 0.6 is 0 Å². The Morgan fingerprint density at radius 2 is 1.63 bits per heavy atom. The Balaban J connectivity index is 2.13. The summed E-state index contributed by atoms with van der Waals surface area (Å²) in [4.78, 5) is 27.6. The summed E-state index contributed by atoms with van der Waals surface area (Å²) < 4.78 is 0. The van der Waals surface area contributed by atoms with Crippen molar-refractivity contribution in [3.63, 3.8) is 0 Å². The van der Waals surface area contributed by atoms with Crippen molar-refractivity contribution in [3.05, 3.63) is 70.8 Å². The Morgan fingerprint density at radius 1 is 0.967 bits per heavy atom. The van der Waals surface area contributed by atoms with Gasteiger partial charge in [0.25, 0.3) is 0 Å². The minimum atomic E-state index is -0.519. The first kappa shape index (κ1) is 23.7. The highest BCUT2D eigenvalue weighted by molar-refractivity contribution is 5.87. The molecule has 2 aromatic rings. The van der Waals surface area contributed by atoms with E-state index in [0.717, 1.165) is 29.5 Å². The zero-order valence-corrected chi connectivity index (χ0v) is 19.1. The number of nitrogens with zero attached hydrogens (tertiary/aromatic N) is 1. The summed E-state index contributed by atoms with van der Waals surface area (Å²) in [5.41, 5.74) is 4.63. The Bertz CT molecular complexity index is 829. The number of hydrogen-bond acceptors (Lipinski definition) is 2. The molecular weight excluding hydrogens is 372 g/mol. The van der Waals surface area contributed by atoms with Crippen molar-refractivity contribution in [2.45, 2.75) is 78.9 Å². The first-order chi connectivity index (χ1) is 14.3. The molecule has 0 bridgehead atoms. The van der Waals surface area contributed by atoms with E-state index >= 15 is 0 Å². The van der Waals surface area contributed by atoms with E-state index in [2.05, 4.69) is 42.6 Å². The molecule has 0 unspecified atom stereocenters. The topological polar surface area (TPSA) is 49.4 Å². The van der Waals surface area contributed by atoms with Crippen molar-refractivity contribution in [1.29, 1.82) is 0 Å². The normalized spacial score (nSPS) is 12.8. The van der Waals surface area contributed by atoms with E-state index in [1.54, 1.807) is 4.90 Å². The maximum absolute atomic E-state index is 13.2. The summed E-state index contributed by atoms with van der Waals surface area (Å²) in [7, 11) is 0. The molecule has 2 amide bonds. The van der Waals surface area contributed by atoms with Gasteiger partial charge < -0.3 is 10.2 Å². The maximum atomic E-state index is 13.2. The first-order valence-corrected chi connectivity index (χ1v) is 11.1. The van der Waals surface area contributed by atoms with E-state index in [0.29, 0.717) is 19.4 Å². The number of benzene rings is 2. The Hall–Kier alpha value is -2.62. The molecule has 0 saturated carbocycles. The molecule has 0 spiro atoms. The lowest BCUT2D eigenvalue weighted by molar-refractivity contribution is -0.140. The molecule has 0 aliphatic rings. The third-order valence-corrected chi connectivity index (χ3v) is 5.66. The quantitative estimate of drug-likeness (QED) is 0.613. The highest BCUT2D eigenvalue weighted by Gasteiger charge is 2.26. The maximum Gasteiger partial charge on any atom is 0.242 e. The van der Waals surface area contributed by atoms with Crippen LogP contribution < -0.4 is 5.32 Å². The molecular formula is C26H36N2O2. The molecule has 0 fully saturated rings. The summed E-state index contributed by atoms with van der Waals surface area (Å²) in [5.74, 6) is -0.0967. The third kappa shape index (κ3) is 7.01. The second kappa shape index (κ2) is 11.5. The Morgan fingerprint density at radius 3 is 2.23 bits per heavy atom. The molecule has 0 aromatic heterocycles. The minimum absolute atomic E-state index is 0.00266. The lowest BCUT2D eigenvalue weighted by Gasteiger charge is -2.30. The van der Waals surface area contributed by atoms with Gasteiger partial charge in [0, 0.05) is 19.0 Å². The second-order valence-electron chi connectivity index (χ2n) is 8.17. The van der Waals surface area contributed by atoms with Crippen LogP contribution in [-0.2, 0) is 29.0 Å². The monoisotopic (exact) mass is 408 g/mol. The van der Waals surface area contributed by atoms with Gasteiger partial charge in [0.2, 0.25) is 11.8 Å². The predicted octanol–water partition coefficient (Wildman–Crippen LogP) is 4.82. The van der Waals surface area contributed by atoms with Gasteiger partial charge in [-0.05, 0) is 56.7 Å². The fourth-order valence-corrected chi connectivity index (χ4v) is 3.39. The highest BCUT2D eigenvalue weighted by Crippen LogP contribution is 2.15. The van der Waals surface area contributed by atoms with Gasteiger partial charge in [-0.2, -0.15) is 0 Å². The standard InChI is InChI=1S/C26H36N2O2/c1-6-20(4)27-26(30)21(5)28(18-24-10-8-9-19(3)17-24)25(29)16-15-23-13-11-22(7-2)12-14-23/h8-14,17,20-21H,6-7,15-16,18H2,1-5H3,(H,27,30)/t20-,21+/m1/s1. The van der Waals surface area contributed by atoms with Crippen LogP contribution in [0.5, 0.6) is 0 Å². The number of rotatable bonds is 10. The van der Waals surface area contributed by atoms with Crippen LogP contribution in [0.15, 0.2) is 48.5 Å². The number of hydrogen-bond donors (Lipinski definition) is 1. The molecule has 4 heteroatoms. The van der Waals surface area contributed by atoms with Gasteiger partial charge in [0.05, 0.1) is 0 Å². The van der Waals surface area contributed by atoms with Crippen LogP contribution in [0.4, 0.5) is 0 Å².